The van der Waals surface area contributed by atoms with Crippen molar-refractivity contribution >= 4 is 5.91 Å². The van der Waals surface area contributed by atoms with Gasteiger partial charge in [0, 0.05) is 38.6 Å². The van der Waals surface area contributed by atoms with Gasteiger partial charge in [-0.15, -0.1) is 5.10 Å². The van der Waals surface area contributed by atoms with E-state index >= 15 is 0 Å². The Hall–Kier alpha value is -3.75. The van der Waals surface area contributed by atoms with Gasteiger partial charge in [0.2, 0.25) is 5.91 Å². The fraction of sp³-hybridized carbons (Fsp3) is 0.409. The number of tetrazole rings is 1. The Kier molecular flexibility index (Phi) is 5.77. The molecule has 4 heterocycles. The van der Waals surface area contributed by atoms with E-state index in [4.69, 9.17) is 4.74 Å². The highest BCUT2D eigenvalue weighted by Crippen LogP contribution is 2.30. The first kappa shape index (κ1) is 21.1. The number of nitriles is 1. The molecule has 33 heavy (non-hydrogen) atoms. The van der Waals surface area contributed by atoms with Gasteiger partial charge in [-0.1, -0.05) is 12.1 Å². The molecule has 2 fully saturated rings. The first-order chi connectivity index (χ1) is 16.1. The summed E-state index contributed by atoms with van der Waals surface area (Å²) in [6.45, 7) is 5.37. The molecular formula is C22H23N9O2. The molecule has 5 rings (SSSR count). The predicted octanol–water partition coefficient (Wildman–Crippen LogP) is 0.459. The molecule has 0 radical (unpaired) electrons. The van der Waals surface area contributed by atoms with Crippen LogP contribution >= 0.6 is 0 Å². The van der Waals surface area contributed by atoms with Crippen LogP contribution in [0.4, 0.5) is 0 Å². The largest absolute Gasteiger partial charge is 0.370 e. The molecule has 3 aromatic rings. The number of amides is 1. The Labute approximate surface area is 190 Å². The zero-order chi connectivity index (χ0) is 22.8. The number of hydrogen-bond acceptors (Lipinski definition) is 9. The molecule has 0 saturated carbocycles. The number of rotatable bonds is 4. The van der Waals surface area contributed by atoms with Gasteiger partial charge in [0.1, 0.15) is 6.33 Å². The molecule has 11 heteroatoms. The summed E-state index contributed by atoms with van der Waals surface area (Å²) in [5, 5.41) is 20.2. The number of hydrogen-bond donors (Lipinski definition) is 0. The summed E-state index contributed by atoms with van der Waals surface area (Å²) in [6, 6.07) is 8.19. The van der Waals surface area contributed by atoms with Crippen LogP contribution in [-0.2, 0) is 16.0 Å². The maximum Gasteiger partial charge on any atom is 0.253 e. The van der Waals surface area contributed by atoms with E-state index in [1.165, 1.54) is 11.0 Å². The van der Waals surface area contributed by atoms with E-state index in [0.717, 1.165) is 29.8 Å². The van der Waals surface area contributed by atoms with Crippen LogP contribution in [0.1, 0.15) is 28.4 Å². The van der Waals surface area contributed by atoms with E-state index < -0.39 is 0 Å². The molecule has 168 valence electrons. The summed E-state index contributed by atoms with van der Waals surface area (Å²) in [5.41, 5.74) is 3.47. The topological polar surface area (TPSA) is 126 Å². The Morgan fingerprint density at radius 1 is 1.24 bits per heavy atom. The van der Waals surface area contributed by atoms with Crippen LogP contribution in [0.25, 0.3) is 5.95 Å². The average Bonchev–Trinajstić information content (AvgIpc) is 3.39. The van der Waals surface area contributed by atoms with E-state index in [9.17, 15) is 10.1 Å². The van der Waals surface area contributed by atoms with Crippen molar-refractivity contribution in [2.24, 2.45) is 0 Å². The molecule has 2 aliphatic rings. The summed E-state index contributed by atoms with van der Waals surface area (Å²) in [7, 11) is 0. The van der Waals surface area contributed by atoms with Gasteiger partial charge in [-0.05, 0) is 40.1 Å². The maximum atomic E-state index is 12.9. The van der Waals surface area contributed by atoms with Crippen LogP contribution in [-0.4, -0.2) is 84.7 Å². The van der Waals surface area contributed by atoms with Gasteiger partial charge >= 0.3 is 0 Å². The molecule has 0 spiro atoms. The smallest absolute Gasteiger partial charge is 0.253 e. The number of fused-ring (bicyclic) bond motifs is 1. The second kappa shape index (κ2) is 9.01. The molecule has 2 aromatic heterocycles. The van der Waals surface area contributed by atoms with Crippen molar-refractivity contribution in [3.05, 3.63) is 59.2 Å². The van der Waals surface area contributed by atoms with Gasteiger partial charge in [0.05, 0.1) is 36.8 Å². The molecule has 0 unspecified atom stereocenters. The molecule has 0 aliphatic carbocycles. The third-order valence-electron chi connectivity index (χ3n) is 6.29. The van der Waals surface area contributed by atoms with E-state index in [2.05, 4.69) is 36.5 Å². The summed E-state index contributed by atoms with van der Waals surface area (Å²) in [6.07, 6.45) is 4.85. The van der Waals surface area contributed by atoms with Crippen molar-refractivity contribution in [1.82, 2.24) is 40.0 Å². The minimum atomic E-state index is -0.0624. The van der Waals surface area contributed by atoms with Crippen LogP contribution in [0.15, 0.2) is 36.9 Å². The van der Waals surface area contributed by atoms with Crippen LogP contribution < -0.4 is 0 Å². The van der Waals surface area contributed by atoms with Gasteiger partial charge < -0.3 is 9.64 Å². The molecule has 1 amide bonds. The summed E-state index contributed by atoms with van der Waals surface area (Å²) >= 11 is 0. The number of piperazine rings is 1. The van der Waals surface area contributed by atoms with Crippen molar-refractivity contribution in [3.63, 3.8) is 0 Å². The molecule has 2 saturated heterocycles. The van der Waals surface area contributed by atoms with Gasteiger partial charge in [-0.3, -0.25) is 9.69 Å². The van der Waals surface area contributed by atoms with Crippen molar-refractivity contribution in [2.45, 2.75) is 25.5 Å². The lowest BCUT2D eigenvalue weighted by molar-refractivity contribution is -0.139. The number of benzene rings is 1. The highest BCUT2D eigenvalue weighted by atomic mass is 16.5. The molecule has 2 atom stereocenters. The monoisotopic (exact) mass is 445 g/mol. The second-order valence-electron chi connectivity index (χ2n) is 8.26. The number of nitrogens with zero attached hydrogens (tertiary/aromatic N) is 9. The number of morpholine rings is 1. The van der Waals surface area contributed by atoms with Gasteiger partial charge in [0.15, 0.2) is 0 Å². The summed E-state index contributed by atoms with van der Waals surface area (Å²) in [5.74, 6) is 0.405. The van der Waals surface area contributed by atoms with Gasteiger partial charge in [-0.2, -0.15) is 9.94 Å². The SMILES string of the molecule is Cc1c(C#N)cccc1[C@@H]1CN2CCN(C(=O)Cc3cnc(-n4cnnn4)nc3)C[C@@H]2CO1. The number of ether oxygens (including phenoxy) is 1. The fourth-order valence-corrected chi connectivity index (χ4v) is 4.42. The van der Waals surface area contributed by atoms with Crippen molar-refractivity contribution in [2.75, 3.05) is 32.8 Å². The van der Waals surface area contributed by atoms with E-state index in [1.54, 1.807) is 12.4 Å². The number of carbonyl (C=O) groups is 1. The molecule has 1 aromatic carbocycles. The highest BCUT2D eigenvalue weighted by Gasteiger charge is 2.36. The lowest BCUT2D eigenvalue weighted by atomic mass is 9.96. The van der Waals surface area contributed by atoms with Crippen LogP contribution in [0.2, 0.25) is 0 Å². The molecule has 11 nitrogen and oxygen atoms in total. The Morgan fingerprint density at radius 2 is 2.09 bits per heavy atom. The minimum Gasteiger partial charge on any atom is -0.370 e. The fourth-order valence-electron chi connectivity index (χ4n) is 4.42. The lowest BCUT2D eigenvalue weighted by Gasteiger charge is -2.46. The molecule has 0 bridgehead atoms. The molecule has 0 N–H and O–H groups in total. The second-order valence-corrected chi connectivity index (χ2v) is 8.26. The number of aromatic nitrogens is 6. The third kappa shape index (κ3) is 4.30. The Bertz CT molecular complexity index is 1170. The van der Waals surface area contributed by atoms with Crippen molar-refractivity contribution in [1.29, 1.82) is 5.26 Å². The highest BCUT2D eigenvalue weighted by molar-refractivity contribution is 5.78. The zero-order valence-corrected chi connectivity index (χ0v) is 18.2. The zero-order valence-electron chi connectivity index (χ0n) is 18.2. The average molecular weight is 445 g/mol. The van der Waals surface area contributed by atoms with E-state index in [-0.39, 0.29) is 24.5 Å². The van der Waals surface area contributed by atoms with Crippen molar-refractivity contribution < 1.29 is 9.53 Å². The predicted molar refractivity (Wildman–Crippen MR) is 115 cm³/mol. The first-order valence-corrected chi connectivity index (χ1v) is 10.8. The quantitative estimate of drug-likeness (QED) is 0.563. The first-order valence-electron chi connectivity index (χ1n) is 10.8. The molecular weight excluding hydrogens is 422 g/mol. The summed E-state index contributed by atoms with van der Waals surface area (Å²) < 4.78 is 7.54. The maximum absolute atomic E-state index is 12.9. The van der Waals surface area contributed by atoms with Gasteiger partial charge in [-0.25, -0.2) is 9.97 Å². The van der Waals surface area contributed by atoms with Crippen LogP contribution in [0.5, 0.6) is 0 Å². The third-order valence-corrected chi connectivity index (χ3v) is 6.29. The lowest BCUT2D eigenvalue weighted by Crippen LogP contribution is -2.59. The molecule has 2 aliphatic heterocycles. The van der Waals surface area contributed by atoms with E-state index in [0.29, 0.717) is 31.2 Å². The Balaban J connectivity index is 1.18. The summed E-state index contributed by atoms with van der Waals surface area (Å²) in [4.78, 5) is 25.6. The van der Waals surface area contributed by atoms with Gasteiger partial charge in [0.25, 0.3) is 5.95 Å². The van der Waals surface area contributed by atoms with E-state index in [1.807, 2.05) is 30.0 Å². The normalized spacial score (nSPS) is 20.8. The Morgan fingerprint density at radius 3 is 2.85 bits per heavy atom. The van der Waals surface area contributed by atoms with Crippen LogP contribution in [0.3, 0.4) is 0 Å². The van der Waals surface area contributed by atoms with Crippen molar-refractivity contribution in [3.8, 4) is 12.0 Å². The van der Waals surface area contributed by atoms with Crippen LogP contribution in [0, 0.1) is 18.3 Å². The minimum absolute atomic E-state index is 0.0492. The number of carbonyl (C=O) groups excluding carboxylic acids is 1. The standard InChI is InChI=1S/C22H23N9O2/c1-15-17(8-23)3-2-4-19(15)20-12-29-5-6-30(11-18(29)13-33-20)21(32)7-16-9-24-22(25-10-16)31-14-26-27-28-31/h2-4,9-10,14,18,20H,5-7,11-13H2,1H3/t18-,20+/m1/s1.